The Labute approximate surface area is 104 Å². The molecule has 0 fully saturated rings. The smallest absolute Gasteiger partial charge is 0.357 e. The number of esters is 1. The first-order valence-electron chi connectivity index (χ1n) is 5.43. The Hall–Kier alpha value is -2.49. The molecule has 1 aromatic heterocycles. The van der Waals surface area contributed by atoms with E-state index < -0.39 is 5.97 Å². The summed E-state index contributed by atoms with van der Waals surface area (Å²) in [5, 5.41) is 0. The van der Waals surface area contributed by atoms with Crippen LogP contribution in [-0.4, -0.2) is 17.2 Å². The lowest BCUT2D eigenvalue weighted by Gasteiger charge is -2.04. The summed E-state index contributed by atoms with van der Waals surface area (Å²) < 4.78 is 5.10. The molecule has 1 aromatic carbocycles. The van der Waals surface area contributed by atoms with Gasteiger partial charge in [-0.1, -0.05) is 36.4 Å². The molecule has 4 nitrogen and oxygen atoms in total. The van der Waals surface area contributed by atoms with Gasteiger partial charge in [0.05, 0.1) is 0 Å². The lowest BCUT2D eigenvalue weighted by molar-refractivity contribution is 0.0465. The molecule has 0 bridgehead atoms. The molecule has 0 amide bonds. The van der Waals surface area contributed by atoms with E-state index in [0.29, 0.717) is 6.29 Å². The van der Waals surface area contributed by atoms with Crippen LogP contribution in [0.3, 0.4) is 0 Å². The van der Waals surface area contributed by atoms with E-state index in [0.717, 1.165) is 5.56 Å². The Balaban J connectivity index is 2.01. The maximum atomic E-state index is 11.7. The van der Waals surface area contributed by atoms with Crippen LogP contribution in [0.2, 0.25) is 0 Å². The first kappa shape index (κ1) is 12.0. The minimum atomic E-state index is -0.539. The molecular weight excluding hydrogens is 230 g/mol. The van der Waals surface area contributed by atoms with E-state index in [-0.39, 0.29) is 18.0 Å². The fourth-order valence-electron chi connectivity index (χ4n) is 1.43. The van der Waals surface area contributed by atoms with Gasteiger partial charge >= 0.3 is 5.97 Å². The zero-order chi connectivity index (χ0) is 12.8. The number of aldehydes is 1. The van der Waals surface area contributed by atoms with Gasteiger partial charge in [0, 0.05) is 0 Å². The Morgan fingerprint density at radius 3 is 2.61 bits per heavy atom. The minimum Gasteiger partial charge on any atom is -0.456 e. The SMILES string of the molecule is O=Cc1cccc(C(=O)OCc2ccccc2)n1. The summed E-state index contributed by atoms with van der Waals surface area (Å²) in [5.74, 6) is -0.539. The Morgan fingerprint density at radius 1 is 1.11 bits per heavy atom. The van der Waals surface area contributed by atoms with Gasteiger partial charge in [-0.05, 0) is 17.7 Å². The number of hydrogen-bond donors (Lipinski definition) is 0. The van der Waals surface area contributed by atoms with Gasteiger partial charge in [0.2, 0.25) is 0 Å². The summed E-state index contributed by atoms with van der Waals surface area (Å²) in [5.41, 5.74) is 1.25. The van der Waals surface area contributed by atoms with E-state index in [9.17, 15) is 9.59 Å². The number of hydrogen-bond acceptors (Lipinski definition) is 4. The van der Waals surface area contributed by atoms with Crippen LogP contribution in [0.1, 0.15) is 26.5 Å². The van der Waals surface area contributed by atoms with Gasteiger partial charge in [0.1, 0.15) is 18.0 Å². The fraction of sp³-hybridized carbons (Fsp3) is 0.0714. The molecule has 0 unspecified atom stereocenters. The van der Waals surface area contributed by atoms with Crippen molar-refractivity contribution in [1.29, 1.82) is 0 Å². The number of benzene rings is 1. The predicted molar refractivity (Wildman–Crippen MR) is 65.2 cm³/mol. The number of ether oxygens (including phenoxy) is 1. The molecule has 0 aliphatic rings. The Morgan fingerprint density at radius 2 is 1.89 bits per heavy atom. The van der Waals surface area contributed by atoms with E-state index in [1.54, 1.807) is 6.07 Å². The molecule has 1 heterocycles. The average molecular weight is 241 g/mol. The molecule has 0 saturated heterocycles. The van der Waals surface area contributed by atoms with Crippen molar-refractivity contribution >= 4 is 12.3 Å². The quantitative estimate of drug-likeness (QED) is 0.608. The lowest BCUT2D eigenvalue weighted by atomic mass is 10.2. The molecule has 0 atom stereocenters. The summed E-state index contributed by atoms with van der Waals surface area (Å²) in [4.78, 5) is 26.1. The monoisotopic (exact) mass is 241 g/mol. The van der Waals surface area contributed by atoms with Gasteiger partial charge in [-0.15, -0.1) is 0 Å². The van der Waals surface area contributed by atoms with E-state index in [4.69, 9.17) is 4.74 Å². The fourth-order valence-corrected chi connectivity index (χ4v) is 1.43. The average Bonchev–Trinajstić information content (AvgIpc) is 2.46. The highest BCUT2D eigenvalue weighted by Crippen LogP contribution is 2.05. The number of carbonyl (C=O) groups excluding carboxylic acids is 2. The lowest BCUT2D eigenvalue weighted by Crippen LogP contribution is -2.08. The topological polar surface area (TPSA) is 56.3 Å². The molecule has 90 valence electrons. The summed E-state index contributed by atoms with van der Waals surface area (Å²) in [7, 11) is 0. The summed E-state index contributed by atoms with van der Waals surface area (Å²) >= 11 is 0. The molecule has 2 aromatic rings. The number of carbonyl (C=O) groups is 2. The third-order valence-electron chi connectivity index (χ3n) is 2.31. The number of aromatic nitrogens is 1. The summed E-state index contributed by atoms with van der Waals surface area (Å²) in [6, 6.07) is 14.0. The van der Waals surface area contributed by atoms with E-state index in [1.807, 2.05) is 30.3 Å². The minimum absolute atomic E-state index is 0.135. The Bertz CT molecular complexity index is 552. The van der Waals surface area contributed by atoms with Crippen molar-refractivity contribution < 1.29 is 14.3 Å². The number of rotatable bonds is 4. The van der Waals surface area contributed by atoms with Crippen LogP contribution >= 0.6 is 0 Å². The van der Waals surface area contributed by atoms with E-state index >= 15 is 0 Å². The first-order valence-corrected chi connectivity index (χ1v) is 5.43. The highest BCUT2D eigenvalue weighted by Gasteiger charge is 2.09. The molecule has 0 N–H and O–H groups in total. The van der Waals surface area contributed by atoms with Crippen molar-refractivity contribution in [2.75, 3.05) is 0 Å². The molecule has 18 heavy (non-hydrogen) atoms. The van der Waals surface area contributed by atoms with Gasteiger partial charge in [0.15, 0.2) is 6.29 Å². The molecule has 0 saturated carbocycles. The van der Waals surface area contributed by atoms with Gasteiger partial charge in [-0.25, -0.2) is 9.78 Å². The van der Waals surface area contributed by atoms with Crippen molar-refractivity contribution in [2.24, 2.45) is 0 Å². The maximum absolute atomic E-state index is 11.7. The van der Waals surface area contributed by atoms with E-state index in [2.05, 4.69) is 4.98 Å². The van der Waals surface area contributed by atoms with Gasteiger partial charge in [0.25, 0.3) is 0 Å². The van der Waals surface area contributed by atoms with Crippen molar-refractivity contribution in [3.8, 4) is 0 Å². The van der Waals surface area contributed by atoms with Crippen LogP contribution in [0.4, 0.5) is 0 Å². The second-order valence-corrected chi connectivity index (χ2v) is 3.63. The zero-order valence-electron chi connectivity index (χ0n) is 9.58. The zero-order valence-corrected chi connectivity index (χ0v) is 9.58. The Kier molecular flexibility index (Phi) is 3.81. The third kappa shape index (κ3) is 3.01. The predicted octanol–water partition coefficient (Wildman–Crippen LogP) is 2.25. The van der Waals surface area contributed by atoms with Crippen LogP contribution in [0.25, 0.3) is 0 Å². The molecule has 2 rings (SSSR count). The molecule has 0 spiro atoms. The second-order valence-electron chi connectivity index (χ2n) is 3.63. The van der Waals surface area contributed by atoms with Crippen molar-refractivity contribution in [3.05, 3.63) is 65.5 Å². The molecule has 0 radical (unpaired) electrons. The van der Waals surface area contributed by atoms with Gasteiger partial charge in [-0.3, -0.25) is 4.79 Å². The molecule has 0 aliphatic heterocycles. The number of nitrogens with zero attached hydrogens (tertiary/aromatic N) is 1. The normalized spacial score (nSPS) is 9.78. The largest absolute Gasteiger partial charge is 0.456 e. The van der Waals surface area contributed by atoms with Crippen LogP contribution in [0.5, 0.6) is 0 Å². The number of pyridine rings is 1. The van der Waals surface area contributed by atoms with Crippen LogP contribution < -0.4 is 0 Å². The van der Waals surface area contributed by atoms with Gasteiger partial charge < -0.3 is 4.74 Å². The van der Waals surface area contributed by atoms with Crippen molar-refractivity contribution in [1.82, 2.24) is 4.98 Å². The maximum Gasteiger partial charge on any atom is 0.357 e. The van der Waals surface area contributed by atoms with Crippen LogP contribution in [0, 0.1) is 0 Å². The molecular formula is C14H11NO3. The third-order valence-corrected chi connectivity index (χ3v) is 2.31. The molecule has 4 heteroatoms. The van der Waals surface area contributed by atoms with Crippen molar-refractivity contribution in [2.45, 2.75) is 6.61 Å². The van der Waals surface area contributed by atoms with Gasteiger partial charge in [-0.2, -0.15) is 0 Å². The summed E-state index contributed by atoms with van der Waals surface area (Å²) in [6.45, 7) is 0.187. The van der Waals surface area contributed by atoms with Crippen LogP contribution in [-0.2, 0) is 11.3 Å². The highest BCUT2D eigenvalue weighted by molar-refractivity contribution is 5.88. The van der Waals surface area contributed by atoms with Crippen molar-refractivity contribution in [3.63, 3.8) is 0 Å². The van der Waals surface area contributed by atoms with E-state index in [1.165, 1.54) is 12.1 Å². The highest BCUT2D eigenvalue weighted by atomic mass is 16.5. The standard InChI is InChI=1S/C14H11NO3/c16-9-12-7-4-8-13(15-12)14(17)18-10-11-5-2-1-3-6-11/h1-9H,10H2. The van der Waals surface area contributed by atoms with Crippen LogP contribution in [0.15, 0.2) is 48.5 Å². The second kappa shape index (κ2) is 5.72. The molecule has 0 aliphatic carbocycles. The first-order chi connectivity index (χ1) is 8.79. The summed E-state index contributed by atoms with van der Waals surface area (Å²) in [6.07, 6.45) is 0.591.